The first-order chi connectivity index (χ1) is 6.64. The summed E-state index contributed by atoms with van der Waals surface area (Å²) in [6, 6.07) is 0.584. The summed E-state index contributed by atoms with van der Waals surface area (Å²) in [7, 11) is -3.03. The van der Waals surface area contributed by atoms with E-state index < -0.39 is 10.0 Å². The van der Waals surface area contributed by atoms with E-state index in [1.807, 2.05) is 6.92 Å². The van der Waals surface area contributed by atoms with Gasteiger partial charge in [0.15, 0.2) is 0 Å². The van der Waals surface area contributed by atoms with Gasteiger partial charge in [0, 0.05) is 19.1 Å². The molecule has 5 heteroatoms. The highest BCUT2D eigenvalue weighted by Crippen LogP contribution is 2.17. The molecule has 0 heterocycles. The monoisotopic (exact) mass is 220 g/mol. The summed E-state index contributed by atoms with van der Waals surface area (Å²) in [6.07, 6.45) is 4.32. The summed E-state index contributed by atoms with van der Waals surface area (Å²) < 4.78 is 25.3. The standard InChI is InChI=1S/C9H20N2O2S/c1-2-3-6-11-14(12,13)8-7-10-9-4-5-9/h9-11H,2-8H2,1H3. The Morgan fingerprint density at radius 1 is 1.29 bits per heavy atom. The van der Waals surface area contributed by atoms with Gasteiger partial charge in [-0.25, -0.2) is 13.1 Å². The zero-order chi connectivity index (χ0) is 10.4. The lowest BCUT2D eigenvalue weighted by molar-refractivity contribution is 0.573. The van der Waals surface area contributed by atoms with Crippen LogP contribution >= 0.6 is 0 Å². The lowest BCUT2D eigenvalue weighted by Crippen LogP contribution is -2.33. The first-order valence-corrected chi connectivity index (χ1v) is 7.00. The van der Waals surface area contributed by atoms with Crippen LogP contribution in [0.4, 0.5) is 0 Å². The average Bonchev–Trinajstić information content (AvgIpc) is 2.88. The van der Waals surface area contributed by atoms with Gasteiger partial charge in [-0.05, 0) is 19.3 Å². The van der Waals surface area contributed by atoms with E-state index in [9.17, 15) is 8.42 Å². The molecule has 2 N–H and O–H groups in total. The molecule has 0 unspecified atom stereocenters. The fraction of sp³-hybridized carbons (Fsp3) is 1.00. The minimum atomic E-state index is -3.03. The largest absolute Gasteiger partial charge is 0.313 e. The van der Waals surface area contributed by atoms with Crippen molar-refractivity contribution in [3.63, 3.8) is 0 Å². The minimum Gasteiger partial charge on any atom is -0.313 e. The van der Waals surface area contributed by atoms with E-state index >= 15 is 0 Å². The average molecular weight is 220 g/mol. The predicted molar refractivity (Wildman–Crippen MR) is 57.7 cm³/mol. The van der Waals surface area contributed by atoms with Crippen LogP contribution < -0.4 is 10.0 Å². The van der Waals surface area contributed by atoms with Crippen molar-refractivity contribution in [2.75, 3.05) is 18.8 Å². The van der Waals surface area contributed by atoms with Gasteiger partial charge in [-0.1, -0.05) is 13.3 Å². The lowest BCUT2D eigenvalue weighted by atomic mass is 10.3. The van der Waals surface area contributed by atoms with E-state index in [-0.39, 0.29) is 5.75 Å². The molecule has 1 fully saturated rings. The van der Waals surface area contributed by atoms with Crippen LogP contribution in [0.2, 0.25) is 0 Å². The van der Waals surface area contributed by atoms with Crippen LogP contribution in [-0.2, 0) is 10.0 Å². The molecule has 1 aliphatic carbocycles. The number of sulfonamides is 1. The molecule has 1 saturated carbocycles. The number of unbranched alkanes of at least 4 members (excludes halogenated alkanes) is 1. The first-order valence-electron chi connectivity index (χ1n) is 5.35. The van der Waals surface area contributed by atoms with Crippen LogP contribution in [0, 0.1) is 0 Å². The topological polar surface area (TPSA) is 58.2 Å². The lowest BCUT2D eigenvalue weighted by Gasteiger charge is -2.06. The normalized spacial score (nSPS) is 17.2. The van der Waals surface area contributed by atoms with Crippen molar-refractivity contribution < 1.29 is 8.42 Å². The molecule has 0 atom stereocenters. The summed E-state index contributed by atoms with van der Waals surface area (Å²) in [4.78, 5) is 0. The van der Waals surface area contributed by atoms with Gasteiger partial charge >= 0.3 is 0 Å². The molecule has 0 spiro atoms. The fourth-order valence-corrected chi connectivity index (χ4v) is 2.15. The summed E-state index contributed by atoms with van der Waals surface area (Å²) in [6.45, 7) is 3.19. The van der Waals surface area contributed by atoms with Crippen molar-refractivity contribution in [2.45, 2.75) is 38.6 Å². The SMILES string of the molecule is CCCCNS(=O)(=O)CCNC1CC1. The van der Waals surface area contributed by atoms with Crippen LogP contribution in [0.15, 0.2) is 0 Å². The predicted octanol–water partition coefficient (Wildman–Crippen LogP) is 0.458. The van der Waals surface area contributed by atoms with Gasteiger partial charge in [-0.3, -0.25) is 0 Å². The second-order valence-corrected chi connectivity index (χ2v) is 5.72. The number of rotatable bonds is 8. The Bertz CT molecular complexity index is 248. The second-order valence-electron chi connectivity index (χ2n) is 3.80. The van der Waals surface area contributed by atoms with E-state index in [1.165, 1.54) is 12.8 Å². The number of nitrogens with one attached hydrogen (secondary N) is 2. The molecule has 1 rings (SSSR count). The van der Waals surface area contributed by atoms with Crippen LogP contribution in [0.5, 0.6) is 0 Å². The third kappa shape index (κ3) is 5.57. The molecule has 0 aromatic heterocycles. The van der Waals surface area contributed by atoms with Gasteiger partial charge in [0.05, 0.1) is 5.75 Å². The third-order valence-corrected chi connectivity index (χ3v) is 3.62. The summed E-state index contributed by atoms with van der Waals surface area (Å²) in [5, 5.41) is 3.18. The van der Waals surface area contributed by atoms with Gasteiger partial charge in [0.1, 0.15) is 0 Å². The summed E-state index contributed by atoms with van der Waals surface area (Å²) in [5.41, 5.74) is 0. The highest BCUT2D eigenvalue weighted by molar-refractivity contribution is 7.89. The van der Waals surface area contributed by atoms with E-state index in [4.69, 9.17) is 0 Å². The molecule has 84 valence electrons. The maximum atomic E-state index is 11.4. The van der Waals surface area contributed by atoms with Crippen molar-refractivity contribution in [3.05, 3.63) is 0 Å². The summed E-state index contributed by atoms with van der Waals surface area (Å²) in [5.74, 6) is 0.202. The molecule has 14 heavy (non-hydrogen) atoms. The molecule has 0 saturated heterocycles. The van der Waals surface area contributed by atoms with Crippen molar-refractivity contribution in [1.82, 2.24) is 10.0 Å². The molecule has 0 amide bonds. The van der Waals surface area contributed by atoms with Gasteiger partial charge in [-0.15, -0.1) is 0 Å². The third-order valence-electron chi connectivity index (χ3n) is 2.23. The Hall–Kier alpha value is -0.130. The molecule has 0 aromatic carbocycles. The second kappa shape index (κ2) is 5.68. The van der Waals surface area contributed by atoms with Crippen molar-refractivity contribution in [2.24, 2.45) is 0 Å². The zero-order valence-electron chi connectivity index (χ0n) is 8.75. The Morgan fingerprint density at radius 3 is 2.57 bits per heavy atom. The van der Waals surface area contributed by atoms with Gasteiger partial charge in [0.2, 0.25) is 10.0 Å². The Kier molecular flexibility index (Phi) is 4.84. The van der Waals surface area contributed by atoms with Crippen LogP contribution in [0.3, 0.4) is 0 Å². The number of hydrogen-bond donors (Lipinski definition) is 2. The van der Waals surface area contributed by atoms with E-state index in [1.54, 1.807) is 0 Å². The molecular formula is C9H20N2O2S. The molecule has 0 aromatic rings. The molecule has 4 nitrogen and oxygen atoms in total. The molecule has 0 bridgehead atoms. The quantitative estimate of drug-likeness (QED) is 0.584. The van der Waals surface area contributed by atoms with Gasteiger partial charge < -0.3 is 5.32 Å². The van der Waals surface area contributed by atoms with Gasteiger partial charge in [-0.2, -0.15) is 0 Å². The smallest absolute Gasteiger partial charge is 0.212 e. The maximum Gasteiger partial charge on any atom is 0.212 e. The van der Waals surface area contributed by atoms with Crippen LogP contribution in [0.1, 0.15) is 32.6 Å². The van der Waals surface area contributed by atoms with Crippen LogP contribution in [0.25, 0.3) is 0 Å². The molecule has 1 aliphatic rings. The van der Waals surface area contributed by atoms with Crippen molar-refractivity contribution in [3.8, 4) is 0 Å². The van der Waals surface area contributed by atoms with E-state index in [2.05, 4.69) is 10.0 Å². The first kappa shape index (κ1) is 11.9. The zero-order valence-corrected chi connectivity index (χ0v) is 9.57. The van der Waals surface area contributed by atoms with E-state index in [0.29, 0.717) is 19.1 Å². The van der Waals surface area contributed by atoms with Crippen molar-refractivity contribution >= 4 is 10.0 Å². The molecule has 0 aliphatic heterocycles. The van der Waals surface area contributed by atoms with Crippen molar-refractivity contribution in [1.29, 1.82) is 0 Å². The molecule has 0 radical (unpaired) electrons. The Morgan fingerprint density at radius 2 is 2.00 bits per heavy atom. The van der Waals surface area contributed by atoms with Gasteiger partial charge in [0.25, 0.3) is 0 Å². The Balaban J connectivity index is 2.06. The van der Waals surface area contributed by atoms with Crippen LogP contribution in [-0.4, -0.2) is 33.3 Å². The highest BCUT2D eigenvalue weighted by atomic mass is 32.2. The minimum absolute atomic E-state index is 0.202. The number of hydrogen-bond acceptors (Lipinski definition) is 3. The fourth-order valence-electron chi connectivity index (χ4n) is 1.16. The summed E-state index contributed by atoms with van der Waals surface area (Å²) >= 11 is 0. The maximum absolute atomic E-state index is 11.4. The van der Waals surface area contributed by atoms with E-state index in [0.717, 1.165) is 12.8 Å². The Labute approximate surface area is 86.5 Å². The highest BCUT2D eigenvalue weighted by Gasteiger charge is 2.20. The molecular weight excluding hydrogens is 200 g/mol.